The van der Waals surface area contributed by atoms with Crippen LogP contribution in [0.2, 0.25) is 5.02 Å². The van der Waals surface area contributed by atoms with Gasteiger partial charge >= 0.3 is 0 Å². The van der Waals surface area contributed by atoms with Crippen molar-refractivity contribution in [3.05, 3.63) is 59.1 Å². The van der Waals surface area contributed by atoms with E-state index in [-0.39, 0.29) is 11.8 Å². The molecule has 0 radical (unpaired) electrons. The monoisotopic (exact) mass is 400 g/mol. The summed E-state index contributed by atoms with van der Waals surface area (Å²) in [6, 6.07) is 15.0. The fourth-order valence-electron chi connectivity index (χ4n) is 3.10. The molecule has 28 heavy (non-hydrogen) atoms. The smallest absolute Gasteiger partial charge is 0.238 e. The quantitative estimate of drug-likeness (QED) is 0.782. The number of nitrogens with one attached hydrogen (secondary N) is 2. The van der Waals surface area contributed by atoms with Crippen LogP contribution in [0.15, 0.2) is 48.5 Å². The second-order valence-electron chi connectivity index (χ2n) is 6.99. The molecule has 2 amide bonds. The summed E-state index contributed by atoms with van der Waals surface area (Å²) in [7, 11) is 0. The van der Waals surface area contributed by atoms with Gasteiger partial charge in [0.15, 0.2) is 0 Å². The number of hydrogen-bond acceptors (Lipinski definition) is 4. The van der Waals surface area contributed by atoms with Crippen molar-refractivity contribution in [3.8, 4) is 0 Å². The first-order valence-corrected chi connectivity index (χ1v) is 9.73. The minimum Gasteiger partial charge on any atom is -0.325 e. The molecule has 1 aliphatic heterocycles. The highest BCUT2D eigenvalue weighted by molar-refractivity contribution is 6.33. The van der Waals surface area contributed by atoms with Crippen LogP contribution in [0.4, 0.5) is 11.4 Å². The second kappa shape index (κ2) is 9.68. The van der Waals surface area contributed by atoms with Crippen LogP contribution in [0.3, 0.4) is 0 Å². The van der Waals surface area contributed by atoms with Gasteiger partial charge in [0, 0.05) is 31.9 Å². The lowest BCUT2D eigenvalue weighted by Crippen LogP contribution is -2.50. The summed E-state index contributed by atoms with van der Waals surface area (Å²) in [5.41, 5.74) is 2.60. The number of carbonyl (C=O) groups excluding carboxylic acids is 2. The van der Waals surface area contributed by atoms with Gasteiger partial charge in [-0.05, 0) is 31.2 Å². The summed E-state index contributed by atoms with van der Waals surface area (Å²) in [6.07, 6.45) is 0. The van der Waals surface area contributed by atoms with Crippen LogP contribution < -0.4 is 10.6 Å². The first-order chi connectivity index (χ1) is 13.5. The standard InChI is InChI=1S/C21H25ClN4O2/c1-16-6-8-17(9-7-16)23-20(27)14-25-10-12-26(13-11-25)15-21(28)24-19-5-3-2-4-18(19)22/h2-9H,10-15H2,1H3,(H,23,27)(H,24,28). The predicted molar refractivity (Wildman–Crippen MR) is 113 cm³/mol. The van der Waals surface area contributed by atoms with Crippen LogP contribution in [-0.4, -0.2) is 60.9 Å². The van der Waals surface area contributed by atoms with Gasteiger partial charge in [0.1, 0.15) is 0 Å². The summed E-state index contributed by atoms with van der Waals surface area (Å²) < 4.78 is 0. The second-order valence-corrected chi connectivity index (χ2v) is 7.40. The molecule has 1 heterocycles. The number of aryl methyl sites for hydroxylation is 1. The zero-order valence-corrected chi connectivity index (χ0v) is 16.7. The van der Waals surface area contributed by atoms with E-state index in [2.05, 4.69) is 20.4 Å². The molecule has 148 valence electrons. The fourth-order valence-corrected chi connectivity index (χ4v) is 3.28. The Hall–Kier alpha value is -2.41. The van der Waals surface area contributed by atoms with Crippen molar-refractivity contribution >= 4 is 34.8 Å². The zero-order chi connectivity index (χ0) is 19.9. The van der Waals surface area contributed by atoms with Gasteiger partial charge in [-0.2, -0.15) is 0 Å². The number of amides is 2. The number of piperazine rings is 1. The van der Waals surface area contributed by atoms with Gasteiger partial charge in [-0.25, -0.2) is 0 Å². The maximum Gasteiger partial charge on any atom is 0.238 e. The largest absolute Gasteiger partial charge is 0.325 e. The topological polar surface area (TPSA) is 64.7 Å². The molecule has 6 nitrogen and oxygen atoms in total. The molecule has 0 bridgehead atoms. The molecule has 0 atom stereocenters. The maximum absolute atomic E-state index is 12.2. The lowest BCUT2D eigenvalue weighted by atomic mass is 10.2. The highest BCUT2D eigenvalue weighted by atomic mass is 35.5. The minimum atomic E-state index is -0.0846. The third kappa shape index (κ3) is 6.05. The van der Waals surface area contributed by atoms with Crippen molar-refractivity contribution < 1.29 is 9.59 Å². The highest BCUT2D eigenvalue weighted by Gasteiger charge is 2.21. The summed E-state index contributed by atoms with van der Waals surface area (Å²) >= 11 is 6.07. The van der Waals surface area contributed by atoms with Crippen molar-refractivity contribution in [3.63, 3.8) is 0 Å². The van der Waals surface area contributed by atoms with Crippen LogP contribution in [0, 0.1) is 6.92 Å². The maximum atomic E-state index is 12.2. The average molecular weight is 401 g/mol. The van der Waals surface area contributed by atoms with E-state index in [0.29, 0.717) is 23.8 Å². The number of hydrogen-bond donors (Lipinski definition) is 2. The van der Waals surface area contributed by atoms with E-state index < -0.39 is 0 Å². The Kier molecular flexibility index (Phi) is 7.03. The van der Waals surface area contributed by atoms with E-state index in [1.54, 1.807) is 12.1 Å². The number of nitrogens with zero attached hydrogens (tertiary/aromatic N) is 2. The number of halogens is 1. The van der Waals surface area contributed by atoms with Crippen molar-refractivity contribution in [2.45, 2.75) is 6.92 Å². The number of benzene rings is 2. The SMILES string of the molecule is Cc1ccc(NC(=O)CN2CCN(CC(=O)Nc3ccccc3Cl)CC2)cc1. The van der Waals surface area contributed by atoms with E-state index in [4.69, 9.17) is 11.6 Å². The minimum absolute atomic E-state index is 0.0197. The van der Waals surface area contributed by atoms with E-state index in [1.807, 2.05) is 43.3 Å². The fraction of sp³-hybridized carbons (Fsp3) is 0.333. The molecular weight excluding hydrogens is 376 g/mol. The predicted octanol–water partition coefficient (Wildman–Crippen LogP) is 2.84. The highest BCUT2D eigenvalue weighted by Crippen LogP contribution is 2.20. The van der Waals surface area contributed by atoms with Gasteiger partial charge in [-0.3, -0.25) is 19.4 Å². The van der Waals surface area contributed by atoms with Crippen LogP contribution >= 0.6 is 11.6 Å². The lowest BCUT2D eigenvalue weighted by Gasteiger charge is -2.33. The Labute approximate surface area is 170 Å². The molecule has 0 unspecified atom stereocenters. The van der Waals surface area contributed by atoms with Gasteiger partial charge in [0.2, 0.25) is 11.8 Å². The number of rotatable bonds is 6. The summed E-state index contributed by atoms with van der Waals surface area (Å²) in [4.78, 5) is 28.6. The Balaban J connectivity index is 1.39. The number of carbonyl (C=O) groups is 2. The third-order valence-electron chi connectivity index (χ3n) is 4.68. The molecule has 2 N–H and O–H groups in total. The molecule has 1 saturated heterocycles. The number of anilines is 2. The van der Waals surface area contributed by atoms with Crippen LogP contribution in [0.5, 0.6) is 0 Å². The van der Waals surface area contributed by atoms with E-state index in [0.717, 1.165) is 37.4 Å². The van der Waals surface area contributed by atoms with Crippen LogP contribution in [-0.2, 0) is 9.59 Å². The first-order valence-electron chi connectivity index (χ1n) is 9.35. The Morgan fingerprint density at radius 2 is 1.39 bits per heavy atom. The van der Waals surface area contributed by atoms with Gasteiger partial charge in [0.25, 0.3) is 0 Å². The van der Waals surface area contributed by atoms with Gasteiger partial charge in [-0.15, -0.1) is 0 Å². The van der Waals surface area contributed by atoms with Crippen LogP contribution in [0.25, 0.3) is 0 Å². The summed E-state index contributed by atoms with van der Waals surface area (Å²) in [6.45, 7) is 5.67. The molecule has 2 aromatic rings. The van der Waals surface area contributed by atoms with Gasteiger partial charge in [-0.1, -0.05) is 41.4 Å². The molecule has 3 rings (SSSR count). The molecule has 7 heteroatoms. The van der Waals surface area contributed by atoms with E-state index in [1.165, 1.54) is 0 Å². The molecule has 1 aliphatic rings. The van der Waals surface area contributed by atoms with Crippen molar-refractivity contribution in [1.82, 2.24) is 9.80 Å². The van der Waals surface area contributed by atoms with Crippen molar-refractivity contribution in [2.75, 3.05) is 49.9 Å². The van der Waals surface area contributed by atoms with Gasteiger partial charge in [0.05, 0.1) is 23.8 Å². The van der Waals surface area contributed by atoms with Crippen molar-refractivity contribution in [1.29, 1.82) is 0 Å². The number of para-hydroxylation sites is 1. The van der Waals surface area contributed by atoms with Gasteiger partial charge < -0.3 is 10.6 Å². The molecule has 1 fully saturated rings. The zero-order valence-electron chi connectivity index (χ0n) is 16.0. The van der Waals surface area contributed by atoms with E-state index >= 15 is 0 Å². The Morgan fingerprint density at radius 1 is 0.857 bits per heavy atom. The third-order valence-corrected chi connectivity index (χ3v) is 5.01. The molecule has 0 aromatic heterocycles. The van der Waals surface area contributed by atoms with Crippen molar-refractivity contribution in [2.24, 2.45) is 0 Å². The molecule has 0 spiro atoms. The molecule has 0 saturated carbocycles. The summed E-state index contributed by atoms with van der Waals surface area (Å²) in [5.74, 6) is -0.104. The first kappa shape index (κ1) is 20.3. The summed E-state index contributed by atoms with van der Waals surface area (Å²) in [5, 5.41) is 6.29. The van der Waals surface area contributed by atoms with Crippen LogP contribution in [0.1, 0.15) is 5.56 Å². The Morgan fingerprint density at radius 3 is 1.96 bits per heavy atom. The van der Waals surface area contributed by atoms with E-state index in [9.17, 15) is 9.59 Å². The molecule has 0 aliphatic carbocycles. The molecular formula is C21H25ClN4O2. The Bertz CT molecular complexity index is 817. The molecule has 2 aromatic carbocycles. The lowest BCUT2D eigenvalue weighted by molar-refractivity contribution is -0.120. The average Bonchev–Trinajstić information content (AvgIpc) is 2.67. The normalized spacial score (nSPS) is 15.2.